The van der Waals surface area contributed by atoms with E-state index in [9.17, 15) is 4.79 Å². The Balaban J connectivity index is 2.10. The molecule has 0 saturated carbocycles. The maximum atomic E-state index is 11.8. The summed E-state index contributed by atoms with van der Waals surface area (Å²) in [6.07, 6.45) is 0. The summed E-state index contributed by atoms with van der Waals surface area (Å²) in [7, 11) is 0. The fourth-order valence-corrected chi connectivity index (χ4v) is 1.40. The highest BCUT2D eigenvalue weighted by molar-refractivity contribution is 6.03. The van der Waals surface area contributed by atoms with Crippen molar-refractivity contribution in [2.24, 2.45) is 0 Å². The lowest BCUT2D eigenvalue weighted by molar-refractivity contribution is -0.113. The van der Waals surface area contributed by atoms with Crippen LogP contribution >= 0.6 is 0 Å². The summed E-state index contributed by atoms with van der Waals surface area (Å²) in [5, 5.41) is 9.62. The van der Waals surface area contributed by atoms with Crippen LogP contribution in [0.15, 0.2) is 15.7 Å². The third kappa shape index (κ3) is 1.86. The molecule has 16 heavy (non-hydrogen) atoms. The van der Waals surface area contributed by atoms with E-state index < -0.39 is 0 Å². The van der Waals surface area contributed by atoms with E-state index in [2.05, 4.69) is 15.8 Å². The normalized spacial score (nSPS) is 14.6. The fourth-order valence-electron chi connectivity index (χ4n) is 1.40. The summed E-state index contributed by atoms with van der Waals surface area (Å²) in [4.78, 5) is 11.8. The van der Waals surface area contributed by atoms with E-state index in [-0.39, 0.29) is 5.91 Å². The molecule has 0 aliphatic carbocycles. The van der Waals surface area contributed by atoms with Gasteiger partial charge in [0.25, 0.3) is 5.91 Å². The Bertz CT molecular complexity index is 454. The molecule has 0 spiro atoms. The van der Waals surface area contributed by atoms with Crippen molar-refractivity contribution >= 4 is 11.8 Å². The molecule has 0 atom stereocenters. The fraction of sp³-hybridized carbons (Fsp3) is 0.455. The summed E-state index contributed by atoms with van der Waals surface area (Å²) in [6, 6.07) is 0. The molecule has 2 rings (SSSR count). The number of rotatable bonds is 2. The van der Waals surface area contributed by atoms with Crippen molar-refractivity contribution in [3.05, 3.63) is 22.4 Å². The van der Waals surface area contributed by atoms with Gasteiger partial charge in [-0.2, -0.15) is 0 Å². The lowest BCUT2D eigenvalue weighted by atomic mass is 10.0. The number of hydrogen-bond donors (Lipinski definition) is 2. The van der Waals surface area contributed by atoms with Gasteiger partial charge in [0.05, 0.1) is 5.69 Å². The number of carbonyl (C=O) groups is 1. The average Bonchev–Trinajstić information content (AvgIpc) is 2.47. The third-order valence-electron chi connectivity index (χ3n) is 2.93. The van der Waals surface area contributed by atoms with Gasteiger partial charge >= 0.3 is 0 Å². The molecule has 1 fully saturated rings. The number of hydrogen-bond acceptors (Lipinski definition) is 4. The highest BCUT2D eigenvalue weighted by Crippen LogP contribution is 2.19. The number of amides is 1. The van der Waals surface area contributed by atoms with Crippen molar-refractivity contribution in [3.63, 3.8) is 0 Å². The van der Waals surface area contributed by atoms with Crippen molar-refractivity contribution in [2.75, 3.05) is 18.4 Å². The molecule has 2 heterocycles. The number of nitrogens with one attached hydrogen (secondary N) is 2. The van der Waals surface area contributed by atoms with Crippen LogP contribution in [0.2, 0.25) is 0 Å². The highest BCUT2D eigenvalue weighted by Gasteiger charge is 2.18. The van der Waals surface area contributed by atoms with Gasteiger partial charge in [0, 0.05) is 24.2 Å². The van der Waals surface area contributed by atoms with Gasteiger partial charge in [0.15, 0.2) is 0 Å². The molecule has 1 aliphatic rings. The number of carbonyl (C=O) groups excluding carboxylic acids is 1. The Morgan fingerprint density at radius 2 is 2.12 bits per heavy atom. The lowest BCUT2D eigenvalue weighted by Gasteiger charge is -2.21. The molecule has 1 saturated heterocycles. The Hall–Kier alpha value is -1.62. The number of aromatic nitrogens is 1. The second-order valence-electron chi connectivity index (χ2n) is 4.01. The molecule has 0 unspecified atom stereocenters. The number of anilines is 1. The minimum atomic E-state index is -0.115. The molecule has 0 bridgehead atoms. The summed E-state index contributed by atoms with van der Waals surface area (Å²) in [5.41, 5.74) is 3.57. The van der Waals surface area contributed by atoms with E-state index in [1.54, 1.807) is 0 Å². The molecule has 5 nitrogen and oxygen atoms in total. The quantitative estimate of drug-likeness (QED) is 0.735. The summed E-state index contributed by atoms with van der Waals surface area (Å²) in [5.74, 6) is 0.325. The largest absolute Gasteiger partial charge is 0.338 e. The zero-order chi connectivity index (χ0) is 11.7. The van der Waals surface area contributed by atoms with Crippen LogP contribution in [-0.4, -0.2) is 24.2 Å². The molecule has 0 radical (unpaired) electrons. The maximum Gasteiger partial charge on any atom is 0.253 e. The molecule has 5 heteroatoms. The van der Waals surface area contributed by atoms with E-state index in [0.29, 0.717) is 5.88 Å². The highest BCUT2D eigenvalue weighted by atomic mass is 16.5. The van der Waals surface area contributed by atoms with Crippen molar-refractivity contribution in [2.45, 2.75) is 20.8 Å². The van der Waals surface area contributed by atoms with Gasteiger partial charge in [0.2, 0.25) is 5.88 Å². The van der Waals surface area contributed by atoms with Crippen LogP contribution in [0.4, 0.5) is 5.88 Å². The Morgan fingerprint density at radius 3 is 2.56 bits per heavy atom. The molecule has 0 aromatic carbocycles. The predicted octanol–water partition coefficient (Wildman–Crippen LogP) is 1.15. The maximum absolute atomic E-state index is 11.8. The van der Waals surface area contributed by atoms with Gasteiger partial charge in [-0.25, -0.2) is 0 Å². The van der Waals surface area contributed by atoms with Crippen LogP contribution in [0.3, 0.4) is 0 Å². The van der Waals surface area contributed by atoms with Crippen LogP contribution in [0, 0.1) is 13.8 Å². The molecule has 1 aromatic rings. The Morgan fingerprint density at radius 1 is 1.44 bits per heavy atom. The predicted molar refractivity (Wildman–Crippen MR) is 60.2 cm³/mol. The minimum absolute atomic E-state index is 0.115. The molecule has 1 aliphatic heterocycles. The topological polar surface area (TPSA) is 67.2 Å². The second-order valence-corrected chi connectivity index (χ2v) is 4.01. The van der Waals surface area contributed by atoms with Crippen molar-refractivity contribution < 1.29 is 9.32 Å². The van der Waals surface area contributed by atoms with Gasteiger partial charge in [-0.3, -0.25) is 10.1 Å². The van der Waals surface area contributed by atoms with Crippen LogP contribution < -0.4 is 10.6 Å². The second kappa shape index (κ2) is 4.09. The van der Waals surface area contributed by atoms with Gasteiger partial charge < -0.3 is 9.84 Å². The van der Waals surface area contributed by atoms with Crippen LogP contribution in [0.5, 0.6) is 0 Å². The summed E-state index contributed by atoms with van der Waals surface area (Å²) >= 11 is 0. The molecule has 1 amide bonds. The van der Waals surface area contributed by atoms with Crippen LogP contribution in [0.25, 0.3) is 0 Å². The first kappa shape index (κ1) is 10.9. The molecular formula is C11H15N3O2. The first-order valence-electron chi connectivity index (χ1n) is 5.23. The average molecular weight is 221 g/mol. The molecule has 2 N–H and O–H groups in total. The van der Waals surface area contributed by atoms with E-state index in [0.717, 1.165) is 35.5 Å². The minimum Gasteiger partial charge on any atom is -0.338 e. The summed E-state index contributed by atoms with van der Waals surface area (Å²) in [6.45, 7) is 7.13. The molecular weight excluding hydrogens is 206 g/mol. The van der Waals surface area contributed by atoms with E-state index >= 15 is 0 Å². The first-order chi connectivity index (χ1) is 7.59. The van der Waals surface area contributed by atoms with Crippen molar-refractivity contribution in [1.29, 1.82) is 0 Å². The summed E-state index contributed by atoms with van der Waals surface area (Å²) < 4.78 is 5.03. The zero-order valence-corrected chi connectivity index (χ0v) is 9.68. The zero-order valence-electron chi connectivity index (χ0n) is 9.68. The van der Waals surface area contributed by atoms with E-state index in [1.807, 2.05) is 20.8 Å². The van der Waals surface area contributed by atoms with E-state index in [4.69, 9.17) is 4.52 Å². The van der Waals surface area contributed by atoms with Gasteiger partial charge in [-0.05, 0) is 26.3 Å². The number of nitrogens with zero attached hydrogens (tertiary/aromatic N) is 1. The Labute approximate surface area is 93.9 Å². The van der Waals surface area contributed by atoms with Crippen LogP contribution in [-0.2, 0) is 4.79 Å². The molecule has 1 aromatic heterocycles. The SMILES string of the molecule is CC(C(=O)Nc1onc(C)c1C)=C1CNC1. The van der Waals surface area contributed by atoms with Gasteiger partial charge in [-0.15, -0.1) is 0 Å². The van der Waals surface area contributed by atoms with Gasteiger partial charge in [0.1, 0.15) is 0 Å². The smallest absolute Gasteiger partial charge is 0.253 e. The van der Waals surface area contributed by atoms with Crippen LogP contribution in [0.1, 0.15) is 18.2 Å². The first-order valence-corrected chi connectivity index (χ1v) is 5.23. The third-order valence-corrected chi connectivity index (χ3v) is 2.93. The lowest BCUT2D eigenvalue weighted by Crippen LogP contribution is -2.36. The van der Waals surface area contributed by atoms with Gasteiger partial charge in [-0.1, -0.05) is 5.16 Å². The number of aryl methyl sites for hydroxylation is 1. The van der Waals surface area contributed by atoms with Crippen molar-refractivity contribution in [1.82, 2.24) is 10.5 Å². The van der Waals surface area contributed by atoms with Crippen molar-refractivity contribution in [3.8, 4) is 0 Å². The Kier molecular flexibility index (Phi) is 2.78. The molecule has 86 valence electrons. The standard InChI is InChI=1S/C11H15N3O2/c1-6-8(3)14-16-11(6)13-10(15)7(2)9-4-12-5-9/h12H,4-5H2,1-3H3,(H,13,15). The van der Waals surface area contributed by atoms with E-state index in [1.165, 1.54) is 0 Å². The monoisotopic (exact) mass is 221 g/mol.